The Bertz CT molecular complexity index is 1130. The molecule has 3 aliphatic rings. The van der Waals surface area contributed by atoms with E-state index in [1.165, 1.54) is 0 Å². The average Bonchev–Trinajstić information content (AvgIpc) is 3.30. The predicted molar refractivity (Wildman–Crippen MR) is 148 cm³/mol. The van der Waals surface area contributed by atoms with Crippen LogP contribution in [-0.2, 0) is 35.4 Å². The monoisotopic (exact) mass is 549 g/mol. The molecule has 1 saturated heterocycles. The van der Waals surface area contributed by atoms with Crippen LogP contribution in [0.5, 0.6) is 0 Å². The van der Waals surface area contributed by atoms with Gasteiger partial charge in [-0.3, -0.25) is 0 Å². The van der Waals surface area contributed by atoms with Crippen molar-refractivity contribution >= 4 is 16.0 Å². The van der Waals surface area contributed by atoms with Gasteiger partial charge in [-0.2, -0.15) is 4.31 Å². The van der Waals surface area contributed by atoms with E-state index in [4.69, 9.17) is 14.2 Å². The number of nitrogens with zero attached hydrogens (tertiary/aromatic N) is 1. The summed E-state index contributed by atoms with van der Waals surface area (Å²) in [6, 6.07) is 9.40. The van der Waals surface area contributed by atoms with Crippen LogP contribution in [0.3, 0.4) is 0 Å². The van der Waals surface area contributed by atoms with Crippen LogP contribution in [-0.4, -0.2) is 60.1 Å². The van der Waals surface area contributed by atoms with Gasteiger partial charge in [-0.1, -0.05) is 44.2 Å². The normalized spacial score (nSPS) is 32.7. The molecular formula is C30H47NO6S. The minimum absolute atomic E-state index is 0.0273. The van der Waals surface area contributed by atoms with Crippen LogP contribution >= 0.6 is 0 Å². The van der Waals surface area contributed by atoms with Crippen LogP contribution in [0.2, 0.25) is 0 Å². The Hall–Kier alpha value is -1.48. The van der Waals surface area contributed by atoms with Crippen molar-refractivity contribution in [2.24, 2.45) is 16.7 Å². The van der Waals surface area contributed by atoms with Gasteiger partial charge in [-0.05, 0) is 78.2 Å². The third-order valence-electron chi connectivity index (χ3n) is 9.19. The molecule has 214 valence electrons. The summed E-state index contributed by atoms with van der Waals surface area (Å²) in [6.07, 6.45) is 2.45. The van der Waals surface area contributed by atoms with E-state index in [1.807, 2.05) is 78.8 Å². The Labute approximate surface area is 229 Å². The molecule has 1 aromatic carbocycles. The van der Waals surface area contributed by atoms with Crippen molar-refractivity contribution < 1.29 is 27.4 Å². The number of ether oxygens (including phenoxy) is 3. The second-order valence-electron chi connectivity index (χ2n) is 13.8. The maximum Gasteiger partial charge on any atom is 0.341 e. The Morgan fingerprint density at radius 1 is 1.11 bits per heavy atom. The summed E-state index contributed by atoms with van der Waals surface area (Å²) in [4.78, 5) is 13.8. The summed E-state index contributed by atoms with van der Waals surface area (Å²) in [7, 11) is -3.67. The van der Waals surface area contributed by atoms with Crippen LogP contribution in [0, 0.1) is 16.7 Å². The van der Waals surface area contributed by atoms with Gasteiger partial charge >= 0.3 is 5.97 Å². The summed E-state index contributed by atoms with van der Waals surface area (Å²) in [5, 5.41) is 0. The van der Waals surface area contributed by atoms with Crippen LogP contribution in [0.1, 0.15) is 87.1 Å². The van der Waals surface area contributed by atoms with Gasteiger partial charge in [0, 0.05) is 30.3 Å². The van der Waals surface area contributed by atoms with Gasteiger partial charge in [0.2, 0.25) is 10.0 Å². The van der Waals surface area contributed by atoms with E-state index in [9.17, 15) is 13.2 Å². The van der Waals surface area contributed by atoms with Crippen molar-refractivity contribution in [3.8, 4) is 0 Å². The number of hydrogen-bond acceptors (Lipinski definition) is 6. The summed E-state index contributed by atoms with van der Waals surface area (Å²) in [5.41, 5.74) is -2.28. The maximum atomic E-state index is 14.1. The van der Waals surface area contributed by atoms with Crippen molar-refractivity contribution in [2.45, 2.75) is 117 Å². The molecule has 4 atom stereocenters. The second-order valence-corrected chi connectivity index (χ2v) is 15.7. The van der Waals surface area contributed by atoms with Crippen molar-refractivity contribution in [1.82, 2.24) is 4.31 Å². The molecule has 1 unspecified atom stereocenters. The number of rotatable bonds is 8. The number of fused-ring (bicyclic) bond motifs is 3. The molecule has 2 aliphatic carbocycles. The highest BCUT2D eigenvalue weighted by molar-refractivity contribution is 7.89. The SMILES string of the molecule is CC(C)N(C(C)C)S(=O)(=O)C[C@]12CC[C@H](CC13OC[C@@](Cc1ccccc1)(C(=O)OC(C)(C)C)O3)C2(C)C. The van der Waals surface area contributed by atoms with Crippen molar-refractivity contribution in [1.29, 1.82) is 0 Å². The highest BCUT2D eigenvalue weighted by Crippen LogP contribution is 2.73. The third-order valence-corrected chi connectivity index (χ3v) is 11.5. The highest BCUT2D eigenvalue weighted by atomic mass is 32.2. The molecule has 0 amide bonds. The molecule has 38 heavy (non-hydrogen) atoms. The molecule has 0 aromatic heterocycles. The van der Waals surface area contributed by atoms with E-state index < -0.39 is 38.4 Å². The van der Waals surface area contributed by atoms with E-state index in [2.05, 4.69) is 13.8 Å². The molecule has 3 fully saturated rings. The first-order chi connectivity index (χ1) is 17.4. The Balaban J connectivity index is 1.78. The van der Waals surface area contributed by atoms with Crippen molar-refractivity contribution in [3.63, 3.8) is 0 Å². The van der Waals surface area contributed by atoms with Crippen LogP contribution < -0.4 is 0 Å². The molecule has 0 N–H and O–H groups in total. The zero-order valence-corrected chi connectivity index (χ0v) is 25.5. The van der Waals surface area contributed by atoms with E-state index >= 15 is 0 Å². The van der Waals surface area contributed by atoms with Crippen molar-refractivity contribution in [3.05, 3.63) is 35.9 Å². The molecule has 7 nitrogen and oxygen atoms in total. The number of hydrogen-bond donors (Lipinski definition) is 0. The predicted octanol–water partition coefficient (Wildman–Crippen LogP) is 5.33. The fourth-order valence-corrected chi connectivity index (χ4v) is 10.3. The number of benzene rings is 1. The van der Waals surface area contributed by atoms with E-state index in [-0.39, 0.29) is 35.8 Å². The molecule has 0 radical (unpaired) electrons. The largest absolute Gasteiger partial charge is 0.458 e. The molecule has 1 heterocycles. The van der Waals surface area contributed by atoms with Gasteiger partial charge in [-0.25, -0.2) is 13.2 Å². The van der Waals surface area contributed by atoms with Crippen LogP contribution in [0.4, 0.5) is 0 Å². The Kier molecular flexibility index (Phi) is 7.43. The lowest BCUT2D eigenvalue weighted by Gasteiger charge is -2.48. The van der Waals surface area contributed by atoms with E-state index in [1.54, 1.807) is 4.31 Å². The maximum absolute atomic E-state index is 14.1. The zero-order valence-electron chi connectivity index (χ0n) is 24.7. The lowest BCUT2D eigenvalue weighted by atomic mass is 9.68. The third kappa shape index (κ3) is 4.73. The van der Waals surface area contributed by atoms with Gasteiger partial charge in [0.15, 0.2) is 11.4 Å². The van der Waals surface area contributed by atoms with E-state index in [0.29, 0.717) is 19.3 Å². The Morgan fingerprint density at radius 2 is 1.71 bits per heavy atom. The Morgan fingerprint density at radius 3 is 2.24 bits per heavy atom. The lowest BCUT2D eigenvalue weighted by molar-refractivity contribution is -0.260. The molecule has 2 saturated carbocycles. The van der Waals surface area contributed by atoms with Gasteiger partial charge in [0.1, 0.15) is 5.60 Å². The number of carbonyl (C=O) groups excluding carboxylic acids is 1. The number of esters is 1. The number of carbonyl (C=O) groups is 1. The summed E-state index contributed by atoms with van der Waals surface area (Å²) in [5.74, 6) is -1.49. The summed E-state index contributed by atoms with van der Waals surface area (Å²) < 4.78 is 49.2. The van der Waals surface area contributed by atoms with Crippen molar-refractivity contribution in [2.75, 3.05) is 12.4 Å². The highest BCUT2D eigenvalue weighted by Gasteiger charge is 2.78. The standard InChI is InChI=1S/C30H47NO6S/c1-21(2)31(22(3)4)38(33,34)20-29-16-15-24(27(29,8)9)18-30(29)35-19-28(37-30,25(32)36-26(5,6)7)17-23-13-11-10-12-14-23/h10-14,21-22,24H,15-20H2,1-9H3/t24-,28+,29+,30?/m1/s1. The zero-order chi connectivity index (χ0) is 28.4. The smallest absolute Gasteiger partial charge is 0.341 e. The van der Waals surface area contributed by atoms with Crippen LogP contribution in [0.25, 0.3) is 0 Å². The molecular weight excluding hydrogens is 502 g/mol. The molecule has 1 aromatic rings. The van der Waals surface area contributed by atoms with Gasteiger partial charge in [-0.15, -0.1) is 0 Å². The molecule has 1 aliphatic heterocycles. The second kappa shape index (κ2) is 9.57. The fourth-order valence-electron chi connectivity index (χ4n) is 7.55. The molecule has 1 spiro atoms. The molecule has 8 heteroatoms. The van der Waals surface area contributed by atoms with Gasteiger partial charge < -0.3 is 14.2 Å². The quantitative estimate of drug-likeness (QED) is 0.408. The first-order valence-electron chi connectivity index (χ1n) is 14.0. The summed E-state index contributed by atoms with van der Waals surface area (Å²) in [6.45, 7) is 17.5. The first-order valence-corrected chi connectivity index (χ1v) is 15.6. The molecule has 2 bridgehead atoms. The van der Waals surface area contributed by atoms with E-state index in [0.717, 1.165) is 12.0 Å². The van der Waals surface area contributed by atoms with Gasteiger partial charge in [0.25, 0.3) is 0 Å². The average molecular weight is 550 g/mol. The lowest BCUT2D eigenvalue weighted by Crippen LogP contribution is -2.58. The van der Waals surface area contributed by atoms with Gasteiger partial charge in [0.05, 0.1) is 12.4 Å². The number of sulfonamides is 1. The summed E-state index contributed by atoms with van der Waals surface area (Å²) >= 11 is 0. The first kappa shape index (κ1) is 29.5. The minimum Gasteiger partial charge on any atom is -0.458 e. The molecule has 4 rings (SSSR count). The minimum atomic E-state index is -3.67. The topological polar surface area (TPSA) is 82.1 Å². The van der Waals surface area contributed by atoms with Crippen LogP contribution in [0.15, 0.2) is 30.3 Å². The fraction of sp³-hybridized carbons (Fsp3) is 0.767.